The van der Waals surface area contributed by atoms with Gasteiger partial charge >= 0.3 is 0 Å². The lowest BCUT2D eigenvalue weighted by atomic mass is 9.73. The summed E-state index contributed by atoms with van der Waals surface area (Å²) in [4.78, 5) is 0. The van der Waals surface area contributed by atoms with Gasteiger partial charge in [-0.1, -0.05) is 44.0 Å². The summed E-state index contributed by atoms with van der Waals surface area (Å²) < 4.78 is 0. The highest BCUT2D eigenvalue weighted by Gasteiger charge is 2.28. The van der Waals surface area contributed by atoms with E-state index in [4.69, 9.17) is 0 Å². The van der Waals surface area contributed by atoms with Crippen molar-refractivity contribution in [1.29, 1.82) is 0 Å². The van der Waals surface area contributed by atoms with Crippen LogP contribution in [0.2, 0.25) is 0 Å². The van der Waals surface area contributed by atoms with Gasteiger partial charge in [0.1, 0.15) is 0 Å². The first-order valence-corrected chi connectivity index (χ1v) is 8.20. The largest absolute Gasteiger partial charge is 0.314 e. The molecule has 0 aromatic heterocycles. The number of benzene rings is 1. The minimum atomic E-state index is 0.748. The minimum Gasteiger partial charge on any atom is -0.314 e. The molecule has 0 spiro atoms. The summed E-state index contributed by atoms with van der Waals surface area (Å²) in [7, 11) is 0. The molecule has 0 heterocycles. The zero-order chi connectivity index (χ0) is 13.1. The van der Waals surface area contributed by atoms with Crippen LogP contribution >= 0.6 is 0 Å². The van der Waals surface area contributed by atoms with Gasteiger partial charge in [0, 0.05) is 6.04 Å². The molecule has 2 fully saturated rings. The molecule has 0 saturated heterocycles. The topological polar surface area (TPSA) is 12.0 Å². The van der Waals surface area contributed by atoms with Crippen molar-refractivity contribution < 1.29 is 0 Å². The fourth-order valence-corrected chi connectivity index (χ4v) is 3.92. The Bertz CT molecular complexity index is 406. The summed E-state index contributed by atoms with van der Waals surface area (Å²) >= 11 is 0. The van der Waals surface area contributed by atoms with E-state index in [1.165, 1.54) is 44.9 Å². The summed E-state index contributed by atoms with van der Waals surface area (Å²) in [5, 5.41) is 3.66. The number of nitrogens with one attached hydrogen (secondary N) is 1. The van der Waals surface area contributed by atoms with Gasteiger partial charge in [-0.05, 0) is 61.6 Å². The Hall–Kier alpha value is -0.820. The van der Waals surface area contributed by atoms with E-state index >= 15 is 0 Å². The van der Waals surface area contributed by atoms with E-state index in [0.717, 1.165) is 24.4 Å². The minimum absolute atomic E-state index is 0.748. The Morgan fingerprint density at radius 2 is 1.58 bits per heavy atom. The molecule has 1 nitrogen and oxygen atoms in total. The van der Waals surface area contributed by atoms with Crippen molar-refractivity contribution >= 4 is 0 Å². The van der Waals surface area contributed by atoms with Crippen LogP contribution in [0.15, 0.2) is 24.3 Å². The normalized spacial score (nSPS) is 28.1. The molecule has 0 aliphatic heterocycles. The molecule has 2 unspecified atom stereocenters. The van der Waals surface area contributed by atoms with E-state index in [1.807, 2.05) is 0 Å². The number of hydrogen-bond acceptors (Lipinski definition) is 1. The van der Waals surface area contributed by atoms with Crippen LogP contribution in [0.25, 0.3) is 0 Å². The van der Waals surface area contributed by atoms with Gasteiger partial charge in [-0.25, -0.2) is 0 Å². The Morgan fingerprint density at radius 3 is 2.21 bits per heavy atom. The molecule has 1 N–H and O–H groups in total. The van der Waals surface area contributed by atoms with Crippen LogP contribution in [-0.4, -0.2) is 12.6 Å². The van der Waals surface area contributed by atoms with Crippen molar-refractivity contribution in [1.82, 2.24) is 5.32 Å². The zero-order valence-electron chi connectivity index (χ0n) is 12.2. The lowest BCUT2D eigenvalue weighted by Gasteiger charge is -2.34. The maximum atomic E-state index is 3.66. The summed E-state index contributed by atoms with van der Waals surface area (Å²) in [5.41, 5.74) is 3.35. The summed E-state index contributed by atoms with van der Waals surface area (Å²) in [6, 6.07) is 10.0. The summed E-state index contributed by atoms with van der Waals surface area (Å²) in [5.74, 6) is 1.67. The highest BCUT2D eigenvalue weighted by atomic mass is 14.9. The van der Waals surface area contributed by atoms with Crippen LogP contribution in [0.4, 0.5) is 0 Å². The van der Waals surface area contributed by atoms with Gasteiger partial charge in [0.15, 0.2) is 0 Å². The van der Waals surface area contributed by atoms with E-state index in [2.05, 4.69) is 36.5 Å². The van der Waals surface area contributed by atoms with Crippen molar-refractivity contribution in [3.63, 3.8) is 0 Å². The predicted octanol–water partition coefficient (Wildman–Crippen LogP) is 4.59. The Labute approximate surface area is 117 Å². The van der Waals surface area contributed by atoms with Crippen molar-refractivity contribution in [2.24, 2.45) is 0 Å². The van der Waals surface area contributed by atoms with Gasteiger partial charge in [0.2, 0.25) is 0 Å². The van der Waals surface area contributed by atoms with Gasteiger partial charge < -0.3 is 5.32 Å². The van der Waals surface area contributed by atoms with E-state index in [-0.39, 0.29) is 0 Å². The van der Waals surface area contributed by atoms with Crippen molar-refractivity contribution in [2.75, 3.05) is 6.54 Å². The molecule has 19 heavy (non-hydrogen) atoms. The van der Waals surface area contributed by atoms with Crippen LogP contribution in [0.5, 0.6) is 0 Å². The molecule has 2 aliphatic carbocycles. The van der Waals surface area contributed by atoms with Crippen LogP contribution in [0, 0.1) is 0 Å². The van der Waals surface area contributed by atoms with Crippen LogP contribution in [0.3, 0.4) is 0 Å². The molecule has 3 rings (SSSR count). The van der Waals surface area contributed by atoms with Gasteiger partial charge in [-0.2, -0.15) is 0 Å². The highest BCUT2D eigenvalue weighted by molar-refractivity contribution is 5.35. The average Bonchev–Trinajstić information content (AvgIpc) is 2.38. The second kappa shape index (κ2) is 6.09. The first-order chi connectivity index (χ1) is 9.38. The van der Waals surface area contributed by atoms with Gasteiger partial charge in [-0.15, -0.1) is 0 Å². The molecule has 1 heteroatoms. The molecule has 104 valence electrons. The third kappa shape index (κ3) is 2.86. The molecule has 1 aromatic rings. The Kier molecular flexibility index (Phi) is 4.22. The van der Waals surface area contributed by atoms with E-state index in [9.17, 15) is 0 Å². The van der Waals surface area contributed by atoms with Gasteiger partial charge in [0.25, 0.3) is 0 Å². The van der Waals surface area contributed by atoms with Crippen molar-refractivity contribution in [3.05, 3.63) is 35.4 Å². The second-order valence-corrected chi connectivity index (χ2v) is 6.37. The van der Waals surface area contributed by atoms with Crippen LogP contribution < -0.4 is 5.32 Å². The lowest BCUT2D eigenvalue weighted by molar-refractivity contribution is 0.339. The summed E-state index contributed by atoms with van der Waals surface area (Å²) in [6.45, 7) is 3.34. The Morgan fingerprint density at radius 1 is 0.947 bits per heavy atom. The van der Waals surface area contributed by atoms with Crippen molar-refractivity contribution in [3.8, 4) is 0 Å². The van der Waals surface area contributed by atoms with E-state index in [0.29, 0.717) is 0 Å². The zero-order valence-corrected chi connectivity index (χ0v) is 12.2. The fourth-order valence-electron chi connectivity index (χ4n) is 3.92. The Balaban J connectivity index is 1.77. The van der Waals surface area contributed by atoms with E-state index in [1.54, 1.807) is 11.1 Å². The average molecular weight is 257 g/mol. The second-order valence-electron chi connectivity index (χ2n) is 6.37. The quantitative estimate of drug-likeness (QED) is 0.832. The van der Waals surface area contributed by atoms with Crippen LogP contribution in [-0.2, 0) is 0 Å². The molecule has 1 aromatic carbocycles. The first-order valence-electron chi connectivity index (χ1n) is 8.20. The fraction of sp³-hybridized carbons (Fsp3) is 0.667. The maximum Gasteiger partial charge on any atom is 0.00727 e. The third-order valence-corrected chi connectivity index (χ3v) is 5.15. The molecule has 2 saturated carbocycles. The maximum absolute atomic E-state index is 3.66. The smallest absolute Gasteiger partial charge is 0.00727 e. The monoisotopic (exact) mass is 257 g/mol. The molecule has 2 aliphatic rings. The number of hydrogen-bond donors (Lipinski definition) is 1. The standard InChI is InChI=1S/C18H27N/c1-2-19-16-10-6-9-15(13-16)18-12-4-3-11-17(18)14-7-5-8-14/h3-4,11-12,14-16,19H,2,5-10,13H2,1H3. The van der Waals surface area contributed by atoms with Crippen LogP contribution in [0.1, 0.15) is 74.8 Å². The lowest BCUT2D eigenvalue weighted by Crippen LogP contribution is -2.33. The van der Waals surface area contributed by atoms with Gasteiger partial charge in [0.05, 0.1) is 0 Å². The first kappa shape index (κ1) is 13.2. The molecule has 0 amide bonds. The summed E-state index contributed by atoms with van der Waals surface area (Å²) in [6.07, 6.45) is 9.77. The molecule has 2 atom stereocenters. The van der Waals surface area contributed by atoms with Crippen molar-refractivity contribution in [2.45, 2.75) is 69.7 Å². The highest BCUT2D eigenvalue weighted by Crippen LogP contribution is 2.42. The molecule has 0 bridgehead atoms. The molecular formula is C18H27N. The number of rotatable bonds is 4. The molecule has 0 radical (unpaired) electrons. The van der Waals surface area contributed by atoms with E-state index < -0.39 is 0 Å². The van der Waals surface area contributed by atoms with Gasteiger partial charge in [-0.3, -0.25) is 0 Å². The third-order valence-electron chi connectivity index (χ3n) is 5.15. The SMILES string of the molecule is CCNC1CCCC(c2ccccc2C2CCC2)C1. The predicted molar refractivity (Wildman–Crippen MR) is 81.7 cm³/mol. The molecular weight excluding hydrogens is 230 g/mol.